The molecule has 0 aromatic heterocycles. The first-order valence-electron chi connectivity index (χ1n) is 0.754. The molecule has 0 aliphatic heterocycles. The molecule has 0 spiro atoms. The molecule has 25 valence electrons. The summed E-state index contributed by atoms with van der Waals surface area (Å²) in [7, 11) is 0. The molecule has 0 nitrogen and oxygen atoms in total. The van der Waals surface area contributed by atoms with Crippen molar-refractivity contribution < 1.29 is 15.6 Å². The topological polar surface area (TPSA) is 0 Å². The molecule has 0 unspecified atom stereocenters. The van der Waals surface area contributed by atoms with Crippen molar-refractivity contribution in [3.8, 4) is 0 Å². The molecule has 0 heterocycles. The van der Waals surface area contributed by atoms with E-state index in [1.807, 2.05) is 0 Å². The van der Waals surface area contributed by atoms with Gasteiger partial charge >= 0.3 is 38.9 Å². The molecule has 0 radical (unpaired) electrons. The van der Waals surface area contributed by atoms with Crippen molar-refractivity contribution in [2.45, 2.75) is 0 Å². The summed E-state index contributed by atoms with van der Waals surface area (Å²) in [4.78, 5) is 0. The van der Waals surface area contributed by atoms with Gasteiger partial charge in [-0.05, 0) is 0 Å². The predicted octanol–water partition coefficient (Wildman–Crippen LogP) is 0.427. The number of hydrogen-bond donors (Lipinski definition) is 1. The van der Waals surface area contributed by atoms with Crippen LogP contribution in [0.3, 0.4) is 0 Å². The van der Waals surface area contributed by atoms with Crippen LogP contribution in [0, 0.1) is 6.92 Å². The maximum absolute atomic E-state index is 3.66. The average Bonchev–Trinajstić information content (AvgIpc) is 0.811. The van der Waals surface area contributed by atoms with Crippen LogP contribution in [-0.2, 0) is 15.6 Å². The molecule has 0 fully saturated rings. The van der Waals surface area contributed by atoms with Gasteiger partial charge in [-0.2, -0.15) is 0 Å². The van der Waals surface area contributed by atoms with E-state index >= 15 is 0 Å². The average molecular weight is 115 g/mol. The van der Waals surface area contributed by atoms with Crippen LogP contribution in [0.25, 0.3) is 0 Å². The van der Waals surface area contributed by atoms with Crippen molar-refractivity contribution in [3.63, 3.8) is 0 Å². The zero-order valence-electron chi connectivity index (χ0n) is 2.01. The second-order valence-electron chi connectivity index (χ2n) is 0.362. The molecule has 0 saturated carbocycles. The summed E-state index contributed by atoms with van der Waals surface area (Å²) in [5, 5.41) is 0. The molecule has 2 heteroatoms. The fourth-order valence-electron chi connectivity index (χ4n) is 0. The minimum atomic E-state index is 0.611. The van der Waals surface area contributed by atoms with Crippen LogP contribution in [0.1, 0.15) is 0 Å². The van der Waals surface area contributed by atoms with E-state index in [0.29, 0.717) is 3.75 Å². The molecule has 0 aromatic carbocycles. The first-order chi connectivity index (χ1) is 1.73. The summed E-state index contributed by atoms with van der Waals surface area (Å²) in [6.07, 6.45) is 0. The van der Waals surface area contributed by atoms with Gasteiger partial charge in [0, 0.05) is 0 Å². The Morgan fingerprint density at radius 1 is 2.00 bits per heavy atom. The SMILES string of the molecule is [CH2-][C](S)=[Fe+]. The molecule has 0 rings (SSSR count). The number of thiol groups is 1. The van der Waals surface area contributed by atoms with Crippen molar-refractivity contribution >= 4 is 16.4 Å². The van der Waals surface area contributed by atoms with Crippen molar-refractivity contribution in [2.24, 2.45) is 0 Å². The van der Waals surface area contributed by atoms with E-state index in [4.69, 9.17) is 0 Å². The maximum atomic E-state index is 3.66. The number of rotatable bonds is 0. The second-order valence-corrected chi connectivity index (χ2v) is 1.97. The molecule has 0 N–H and O–H groups in total. The Morgan fingerprint density at radius 3 is 2.00 bits per heavy atom. The van der Waals surface area contributed by atoms with E-state index in [1.54, 1.807) is 0 Å². The van der Waals surface area contributed by atoms with E-state index in [-0.39, 0.29) is 0 Å². The number of hydrogen-bond acceptors (Lipinski definition) is 1. The van der Waals surface area contributed by atoms with Crippen molar-refractivity contribution in [2.75, 3.05) is 0 Å². The van der Waals surface area contributed by atoms with E-state index in [9.17, 15) is 0 Å². The van der Waals surface area contributed by atoms with Crippen LogP contribution in [0.4, 0.5) is 0 Å². The Hall–Kier alpha value is 0.739. The van der Waals surface area contributed by atoms with Crippen LogP contribution in [0.2, 0.25) is 0 Å². The molecule has 0 aliphatic carbocycles. The van der Waals surface area contributed by atoms with Crippen LogP contribution < -0.4 is 0 Å². The van der Waals surface area contributed by atoms with E-state index in [0.717, 1.165) is 0 Å². The van der Waals surface area contributed by atoms with Gasteiger partial charge in [0.05, 0.1) is 0 Å². The molecule has 0 aliphatic rings. The second kappa shape index (κ2) is 2.01. The zero-order chi connectivity index (χ0) is 3.58. The van der Waals surface area contributed by atoms with Crippen LogP contribution in [-0.4, -0.2) is 3.75 Å². The van der Waals surface area contributed by atoms with Gasteiger partial charge in [-0.25, -0.2) is 0 Å². The Kier molecular flexibility index (Phi) is 2.38. The van der Waals surface area contributed by atoms with E-state index in [1.165, 1.54) is 0 Å². The van der Waals surface area contributed by atoms with Gasteiger partial charge in [-0.15, -0.1) is 0 Å². The third-order valence-electron chi connectivity index (χ3n) is 0. The molecule has 0 bridgehead atoms. The molecular weight excluding hydrogens is 112 g/mol. The Morgan fingerprint density at radius 2 is 2.00 bits per heavy atom. The van der Waals surface area contributed by atoms with Gasteiger partial charge < -0.3 is 0 Å². The Balaban J connectivity index is 2.80. The molecular formula is C2H3FeS. The van der Waals surface area contributed by atoms with Crippen LogP contribution >= 0.6 is 12.6 Å². The first-order valence-corrected chi connectivity index (χ1v) is 1.75. The van der Waals surface area contributed by atoms with Gasteiger partial charge in [0.25, 0.3) is 0 Å². The fraction of sp³-hybridized carbons (Fsp3) is 0. The van der Waals surface area contributed by atoms with Gasteiger partial charge in [-0.1, -0.05) is 0 Å². The molecule has 4 heavy (non-hydrogen) atoms. The predicted molar refractivity (Wildman–Crippen MR) is 19.3 cm³/mol. The first kappa shape index (κ1) is 4.74. The molecule has 0 amide bonds. The molecule has 0 saturated heterocycles. The Labute approximate surface area is 39.4 Å². The summed E-state index contributed by atoms with van der Waals surface area (Å²) < 4.78 is 0.611. The van der Waals surface area contributed by atoms with Gasteiger partial charge in [0.1, 0.15) is 0 Å². The standard InChI is InChI=1S/C2H3S.Fe/c1-2-3;/h3H,1H2;/q-1;+1. The van der Waals surface area contributed by atoms with Crippen molar-refractivity contribution in [1.29, 1.82) is 0 Å². The minimum absolute atomic E-state index is 0.611. The van der Waals surface area contributed by atoms with Crippen LogP contribution in [0.5, 0.6) is 0 Å². The normalized spacial score (nSPS) is 6.50. The van der Waals surface area contributed by atoms with Crippen LogP contribution in [0.15, 0.2) is 0 Å². The van der Waals surface area contributed by atoms with Gasteiger partial charge in [-0.3, -0.25) is 0 Å². The quantitative estimate of drug-likeness (QED) is 0.264. The molecule has 0 atom stereocenters. The van der Waals surface area contributed by atoms with Gasteiger partial charge in [0.2, 0.25) is 0 Å². The van der Waals surface area contributed by atoms with E-state index in [2.05, 4.69) is 35.1 Å². The molecule has 0 aromatic rings. The summed E-state index contributed by atoms with van der Waals surface area (Å²) in [5.74, 6) is 0. The zero-order valence-corrected chi connectivity index (χ0v) is 4.01. The Bertz CT molecular complexity index is 29.0. The summed E-state index contributed by atoms with van der Waals surface area (Å²) in [6.45, 7) is 3.31. The van der Waals surface area contributed by atoms with Gasteiger partial charge in [0.15, 0.2) is 0 Å². The fourth-order valence-corrected chi connectivity index (χ4v) is 0. The monoisotopic (exact) mass is 115 g/mol. The summed E-state index contributed by atoms with van der Waals surface area (Å²) in [6, 6.07) is 0. The third kappa shape index (κ3) is 15.2. The van der Waals surface area contributed by atoms with E-state index < -0.39 is 0 Å². The summed E-state index contributed by atoms with van der Waals surface area (Å²) in [5.41, 5.74) is 0. The van der Waals surface area contributed by atoms with Crippen molar-refractivity contribution in [1.82, 2.24) is 0 Å². The summed E-state index contributed by atoms with van der Waals surface area (Å²) >= 11 is 6.97. The van der Waals surface area contributed by atoms with Crippen molar-refractivity contribution in [3.05, 3.63) is 6.92 Å². The third-order valence-corrected chi connectivity index (χ3v) is 0.